The minimum atomic E-state index is -3.45. The fourth-order valence-electron chi connectivity index (χ4n) is 3.20. The van der Waals surface area contributed by atoms with Gasteiger partial charge in [-0.25, -0.2) is 13.1 Å². The molecule has 1 saturated heterocycles. The number of hydrogen-bond acceptors (Lipinski definition) is 3. The monoisotopic (exact) mass is 346 g/mol. The van der Waals surface area contributed by atoms with Gasteiger partial charge in [0.2, 0.25) is 10.0 Å². The van der Waals surface area contributed by atoms with Gasteiger partial charge >= 0.3 is 0 Å². The number of nitrogens with one attached hydrogen (secondary N) is 2. The molecule has 0 aromatic heterocycles. The third-order valence-electron chi connectivity index (χ3n) is 4.25. The fourth-order valence-corrected chi connectivity index (χ4v) is 4.85. The first-order valence-corrected chi connectivity index (χ1v) is 9.00. The highest BCUT2D eigenvalue weighted by Crippen LogP contribution is 2.26. The maximum Gasteiger partial charge on any atom is 0.241 e. The molecule has 4 nitrogen and oxygen atoms in total. The Morgan fingerprint density at radius 3 is 2.32 bits per heavy atom. The van der Waals surface area contributed by atoms with Crippen LogP contribution in [0.15, 0.2) is 17.0 Å². The normalized spacial score (nSPS) is 22.2. The highest BCUT2D eigenvalue weighted by molar-refractivity contribution is 7.89. The van der Waals surface area contributed by atoms with E-state index >= 15 is 0 Å². The Morgan fingerprint density at radius 2 is 1.82 bits per heavy atom. The molecule has 1 aliphatic heterocycles. The lowest BCUT2D eigenvalue weighted by Crippen LogP contribution is -2.45. The molecule has 1 heterocycles. The topological polar surface area (TPSA) is 58.2 Å². The van der Waals surface area contributed by atoms with Gasteiger partial charge in [0, 0.05) is 13.1 Å². The van der Waals surface area contributed by atoms with Gasteiger partial charge in [-0.15, -0.1) is 12.4 Å². The summed E-state index contributed by atoms with van der Waals surface area (Å²) in [6, 6.07) is 3.84. The van der Waals surface area contributed by atoms with E-state index in [2.05, 4.69) is 17.0 Å². The lowest BCUT2D eigenvalue weighted by atomic mass is 9.83. The molecule has 0 saturated carbocycles. The van der Waals surface area contributed by atoms with Crippen LogP contribution < -0.4 is 10.0 Å². The zero-order valence-corrected chi connectivity index (χ0v) is 15.5. The lowest BCUT2D eigenvalue weighted by molar-refractivity contribution is 0.238. The maximum absolute atomic E-state index is 12.6. The van der Waals surface area contributed by atoms with Crippen LogP contribution in [0, 0.1) is 26.2 Å². The number of benzene rings is 1. The molecule has 1 atom stereocenters. The summed E-state index contributed by atoms with van der Waals surface area (Å²) in [7, 11) is -3.45. The Kier molecular flexibility index (Phi) is 6.45. The molecule has 1 unspecified atom stereocenters. The fraction of sp³-hybridized carbons (Fsp3) is 0.625. The Hall–Kier alpha value is -0.620. The second kappa shape index (κ2) is 7.30. The molecular weight excluding hydrogens is 320 g/mol. The van der Waals surface area contributed by atoms with Crippen LogP contribution in [0.1, 0.15) is 36.5 Å². The van der Waals surface area contributed by atoms with Gasteiger partial charge in [0.1, 0.15) is 0 Å². The first-order valence-electron chi connectivity index (χ1n) is 7.52. The second-order valence-corrected chi connectivity index (χ2v) is 8.35. The molecule has 1 aromatic carbocycles. The summed E-state index contributed by atoms with van der Waals surface area (Å²) in [5, 5.41) is 3.35. The van der Waals surface area contributed by atoms with Gasteiger partial charge in [-0.1, -0.05) is 24.6 Å². The summed E-state index contributed by atoms with van der Waals surface area (Å²) in [4.78, 5) is 0.431. The average Bonchev–Trinajstić information content (AvgIpc) is 2.36. The van der Waals surface area contributed by atoms with Crippen molar-refractivity contribution in [1.29, 1.82) is 0 Å². The van der Waals surface area contributed by atoms with Gasteiger partial charge in [-0.05, 0) is 56.7 Å². The van der Waals surface area contributed by atoms with Crippen molar-refractivity contribution in [2.45, 2.75) is 45.4 Å². The molecule has 0 radical (unpaired) electrons. The van der Waals surface area contributed by atoms with Gasteiger partial charge < -0.3 is 5.32 Å². The molecule has 1 aliphatic rings. The molecule has 2 rings (SSSR count). The first kappa shape index (κ1) is 19.4. The van der Waals surface area contributed by atoms with E-state index in [1.54, 1.807) is 0 Å². The van der Waals surface area contributed by atoms with Crippen LogP contribution in [-0.2, 0) is 10.0 Å². The predicted molar refractivity (Wildman–Crippen MR) is 93.3 cm³/mol. The maximum atomic E-state index is 12.6. The Bertz CT molecular complexity index is 600. The van der Waals surface area contributed by atoms with Crippen LogP contribution in [0.2, 0.25) is 0 Å². The van der Waals surface area contributed by atoms with Crippen molar-refractivity contribution in [2.75, 3.05) is 19.6 Å². The zero-order valence-electron chi connectivity index (χ0n) is 13.8. The minimum Gasteiger partial charge on any atom is -0.316 e. The Morgan fingerprint density at radius 1 is 1.23 bits per heavy atom. The van der Waals surface area contributed by atoms with Crippen LogP contribution in [0.4, 0.5) is 0 Å². The van der Waals surface area contributed by atoms with Crippen molar-refractivity contribution in [2.24, 2.45) is 5.41 Å². The average molecular weight is 347 g/mol. The quantitative estimate of drug-likeness (QED) is 0.881. The van der Waals surface area contributed by atoms with Gasteiger partial charge in [0.25, 0.3) is 0 Å². The minimum absolute atomic E-state index is 0. The van der Waals surface area contributed by atoms with Crippen LogP contribution in [-0.4, -0.2) is 28.1 Å². The van der Waals surface area contributed by atoms with Gasteiger partial charge in [-0.2, -0.15) is 0 Å². The number of piperidine rings is 1. The zero-order chi connectivity index (χ0) is 15.7. The summed E-state index contributed by atoms with van der Waals surface area (Å²) in [6.45, 7) is 10.2. The standard InChI is InChI=1S/C16H26N2O2S.ClH/c1-12-8-13(2)15(14(3)9-12)21(19,20)18-11-16(4)6-5-7-17-10-16;/h8-9,17-18H,5-7,10-11H2,1-4H3;1H. The third kappa shape index (κ3) is 4.44. The summed E-state index contributed by atoms with van der Waals surface area (Å²) >= 11 is 0. The molecule has 1 fully saturated rings. The summed E-state index contributed by atoms with van der Waals surface area (Å²) in [5.74, 6) is 0. The van der Waals surface area contributed by atoms with E-state index in [4.69, 9.17) is 0 Å². The van der Waals surface area contributed by atoms with E-state index in [1.165, 1.54) is 0 Å². The summed E-state index contributed by atoms with van der Waals surface area (Å²) in [5.41, 5.74) is 2.71. The predicted octanol–water partition coefficient (Wildman–Crippen LogP) is 2.70. The van der Waals surface area contributed by atoms with Gasteiger partial charge in [0.05, 0.1) is 4.90 Å². The molecule has 22 heavy (non-hydrogen) atoms. The smallest absolute Gasteiger partial charge is 0.241 e. The highest BCUT2D eigenvalue weighted by atomic mass is 35.5. The van der Waals surface area contributed by atoms with Crippen LogP contribution in [0.3, 0.4) is 0 Å². The molecule has 0 amide bonds. The van der Waals surface area contributed by atoms with Crippen molar-refractivity contribution in [1.82, 2.24) is 10.0 Å². The number of sulfonamides is 1. The third-order valence-corrected chi connectivity index (χ3v) is 5.95. The number of aryl methyl sites for hydroxylation is 3. The number of hydrogen-bond donors (Lipinski definition) is 2. The van der Waals surface area contributed by atoms with Crippen molar-refractivity contribution in [3.63, 3.8) is 0 Å². The second-order valence-electron chi connectivity index (χ2n) is 6.64. The number of rotatable bonds is 4. The molecule has 126 valence electrons. The van der Waals surface area contributed by atoms with Crippen LogP contribution in [0.25, 0.3) is 0 Å². The molecule has 0 bridgehead atoms. The lowest BCUT2D eigenvalue weighted by Gasteiger charge is -2.34. The van der Waals surface area contributed by atoms with Crippen molar-refractivity contribution in [3.05, 3.63) is 28.8 Å². The van der Waals surface area contributed by atoms with Crippen molar-refractivity contribution >= 4 is 22.4 Å². The molecule has 2 N–H and O–H groups in total. The van der Waals surface area contributed by atoms with Crippen molar-refractivity contribution < 1.29 is 8.42 Å². The largest absolute Gasteiger partial charge is 0.316 e. The summed E-state index contributed by atoms with van der Waals surface area (Å²) < 4.78 is 28.1. The molecule has 1 aromatic rings. The molecule has 6 heteroatoms. The number of halogens is 1. The SMILES string of the molecule is Cc1cc(C)c(S(=O)(=O)NCC2(C)CCCNC2)c(C)c1.Cl. The molecular formula is C16H27ClN2O2S. The van der Waals surface area contributed by atoms with E-state index in [-0.39, 0.29) is 17.8 Å². The Balaban J connectivity index is 0.00000242. The van der Waals surface area contributed by atoms with Gasteiger partial charge in [-0.3, -0.25) is 0 Å². The summed E-state index contributed by atoms with van der Waals surface area (Å²) in [6.07, 6.45) is 2.15. The van der Waals surface area contributed by atoms with E-state index in [0.29, 0.717) is 11.4 Å². The van der Waals surface area contributed by atoms with Crippen molar-refractivity contribution in [3.8, 4) is 0 Å². The van der Waals surface area contributed by atoms with Crippen LogP contribution in [0.5, 0.6) is 0 Å². The van der Waals surface area contributed by atoms with Gasteiger partial charge in [0.15, 0.2) is 0 Å². The van der Waals surface area contributed by atoms with Crippen LogP contribution >= 0.6 is 12.4 Å². The van der Waals surface area contributed by atoms with E-state index in [0.717, 1.165) is 42.6 Å². The highest BCUT2D eigenvalue weighted by Gasteiger charge is 2.29. The molecule has 0 spiro atoms. The first-order chi connectivity index (χ1) is 9.73. The Labute approximate surface area is 140 Å². The van der Waals surface area contributed by atoms with E-state index < -0.39 is 10.0 Å². The molecule has 0 aliphatic carbocycles. The van der Waals surface area contributed by atoms with E-state index in [1.807, 2.05) is 32.9 Å². The van der Waals surface area contributed by atoms with E-state index in [9.17, 15) is 8.42 Å².